The van der Waals surface area contributed by atoms with Gasteiger partial charge < -0.3 is 14.8 Å². The highest BCUT2D eigenvalue weighted by molar-refractivity contribution is 7.09. The number of hydrogen-bond donors (Lipinski definition) is 1. The van der Waals surface area contributed by atoms with Crippen LogP contribution in [-0.4, -0.2) is 18.4 Å². The van der Waals surface area contributed by atoms with E-state index in [2.05, 4.69) is 15.0 Å². The van der Waals surface area contributed by atoms with Gasteiger partial charge in [-0.3, -0.25) is 0 Å². The number of alkyl halides is 3. The molecular formula is C13H13F3N2O2S. The molecule has 0 aliphatic carbocycles. The number of rotatable bonds is 6. The summed E-state index contributed by atoms with van der Waals surface area (Å²) >= 11 is 1.52. The van der Waals surface area contributed by atoms with Crippen LogP contribution in [0.5, 0.6) is 11.5 Å². The van der Waals surface area contributed by atoms with Crippen LogP contribution in [0.3, 0.4) is 0 Å². The maximum absolute atomic E-state index is 12.0. The summed E-state index contributed by atoms with van der Waals surface area (Å²) in [7, 11) is 1.84. The van der Waals surface area contributed by atoms with Gasteiger partial charge in [-0.05, 0) is 31.3 Å². The van der Waals surface area contributed by atoms with Crippen LogP contribution in [0.15, 0.2) is 29.6 Å². The average molecular weight is 318 g/mol. The van der Waals surface area contributed by atoms with Crippen LogP contribution in [0.4, 0.5) is 13.2 Å². The summed E-state index contributed by atoms with van der Waals surface area (Å²) < 4.78 is 45.3. The normalized spacial score (nSPS) is 11.4. The molecule has 0 aliphatic heterocycles. The molecule has 0 aliphatic rings. The lowest BCUT2D eigenvalue weighted by atomic mass is 10.3. The predicted octanol–water partition coefficient (Wildman–Crippen LogP) is 3.34. The van der Waals surface area contributed by atoms with Crippen LogP contribution in [0, 0.1) is 0 Å². The molecule has 0 amide bonds. The summed E-state index contributed by atoms with van der Waals surface area (Å²) in [5.74, 6) is 0.174. The van der Waals surface area contributed by atoms with Gasteiger partial charge in [-0.25, -0.2) is 4.98 Å². The van der Waals surface area contributed by atoms with Gasteiger partial charge in [0.25, 0.3) is 0 Å². The van der Waals surface area contributed by atoms with Gasteiger partial charge in [0.15, 0.2) is 0 Å². The van der Waals surface area contributed by atoms with Crippen molar-refractivity contribution in [1.82, 2.24) is 10.3 Å². The minimum Gasteiger partial charge on any atom is -0.487 e. The van der Waals surface area contributed by atoms with Gasteiger partial charge in [-0.1, -0.05) is 0 Å². The van der Waals surface area contributed by atoms with E-state index in [1.165, 1.54) is 35.6 Å². The van der Waals surface area contributed by atoms with Crippen LogP contribution in [-0.2, 0) is 13.2 Å². The molecule has 4 nitrogen and oxygen atoms in total. The van der Waals surface area contributed by atoms with E-state index in [0.29, 0.717) is 12.3 Å². The van der Waals surface area contributed by atoms with Gasteiger partial charge >= 0.3 is 6.36 Å². The Balaban J connectivity index is 1.88. The third-order valence-corrected chi connectivity index (χ3v) is 3.27. The van der Waals surface area contributed by atoms with Gasteiger partial charge in [0, 0.05) is 11.9 Å². The average Bonchev–Trinajstić information content (AvgIpc) is 2.84. The summed E-state index contributed by atoms with van der Waals surface area (Å²) in [6.45, 7) is 0.952. The monoisotopic (exact) mass is 318 g/mol. The molecule has 2 rings (SSSR count). The highest BCUT2D eigenvalue weighted by Gasteiger charge is 2.30. The van der Waals surface area contributed by atoms with E-state index in [-0.39, 0.29) is 12.4 Å². The number of thiazole rings is 1. The Bertz CT molecular complexity index is 570. The van der Waals surface area contributed by atoms with Crippen LogP contribution >= 0.6 is 11.3 Å². The van der Waals surface area contributed by atoms with Crippen molar-refractivity contribution in [2.45, 2.75) is 19.5 Å². The molecule has 8 heteroatoms. The van der Waals surface area contributed by atoms with E-state index in [4.69, 9.17) is 4.74 Å². The Kier molecular flexibility index (Phi) is 5.03. The third kappa shape index (κ3) is 5.24. The molecule has 1 aromatic carbocycles. The van der Waals surface area contributed by atoms with E-state index in [9.17, 15) is 13.2 Å². The molecule has 0 unspecified atom stereocenters. The van der Waals surface area contributed by atoms with Crippen molar-refractivity contribution in [3.05, 3.63) is 40.3 Å². The molecule has 1 heterocycles. The molecule has 0 fully saturated rings. The molecule has 2 aromatic rings. The number of benzene rings is 1. The van der Waals surface area contributed by atoms with Crippen molar-refractivity contribution >= 4 is 11.3 Å². The smallest absolute Gasteiger partial charge is 0.487 e. The summed E-state index contributed by atoms with van der Waals surface area (Å²) in [6, 6.07) is 5.25. The summed E-state index contributed by atoms with van der Waals surface area (Å²) in [5, 5.41) is 5.83. The molecule has 0 bridgehead atoms. The van der Waals surface area contributed by atoms with Crippen LogP contribution in [0.2, 0.25) is 0 Å². The Morgan fingerprint density at radius 3 is 2.48 bits per heavy atom. The van der Waals surface area contributed by atoms with Gasteiger partial charge in [-0.2, -0.15) is 0 Å². The first-order valence-electron chi connectivity index (χ1n) is 6.03. The second-order valence-electron chi connectivity index (χ2n) is 4.07. The highest BCUT2D eigenvalue weighted by Crippen LogP contribution is 2.25. The molecule has 1 N–H and O–H groups in total. The highest BCUT2D eigenvalue weighted by atomic mass is 32.1. The summed E-state index contributed by atoms with van der Waals surface area (Å²) in [5.41, 5.74) is 0.779. The van der Waals surface area contributed by atoms with Crippen molar-refractivity contribution in [3.63, 3.8) is 0 Å². The van der Waals surface area contributed by atoms with Crippen molar-refractivity contribution in [1.29, 1.82) is 0 Å². The fraction of sp³-hybridized carbons (Fsp3) is 0.308. The lowest BCUT2D eigenvalue weighted by Crippen LogP contribution is -2.16. The number of halogens is 3. The lowest BCUT2D eigenvalue weighted by molar-refractivity contribution is -0.274. The maximum Gasteiger partial charge on any atom is 0.573 e. The molecule has 0 radical (unpaired) electrons. The standard InChI is InChI=1S/C13H13F3N2O2S/c1-17-6-12-18-9(8-21-12)7-19-10-2-4-11(5-3-10)20-13(14,15)16/h2-5,8,17H,6-7H2,1H3. The molecule has 0 saturated heterocycles. The largest absolute Gasteiger partial charge is 0.573 e. The summed E-state index contributed by atoms with van der Waals surface area (Å²) in [4.78, 5) is 4.34. The van der Waals surface area contributed by atoms with E-state index >= 15 is 0 Å². The van der Waals surface area contributed by atoms with Crippen LogP contribution < -0.4 is 14.8 Å². The van der Waals surface area contributed by atoms with Crippen LogP contribution in [0.25, 0.3) is 0 Å². The molecular weight excluding hydrogens is 305 g/mol. The molecule has 114 valence electrons. The Labute approximate surface area is 123 Å². The molecule has 21 heavy (non-hydrogen) atoms. The first kappa shape index (κ1) is 15.6. The van der Waals surface area contributed by atoms with E-state index < -0.39 is 6.36 Å². The topological polar surface area (TPSA) is 43.4 Å². The number of nitrogens with one attached hydrogen (secondary N) is 1. The van der Waals surface area contributed by atoms with Crippen molar-refractivity contribution in [2.24, 2.45) is 0 Å². The minimum atomic E-state index is -4.69. The zero-order chi connectivity index (χ0) is 15.3. The Morgan fingerprint density at radius 2 is 1.86 bits per heavy atom. The Morgan fingerprint density at radius 1 is 1.19 bits per heavy atom. The molecule has 1 aromatic heterocycles. The number of nitrogens with zero attached hydrogens (tertiary/aromatic N) is 1. The maximum atomic E-state index is 12.0. The number of hydrogen-bond acceptors (Lipinski definition) is 5. The van der Waals surface area contributed by atoms with E-state index in [1.807, 2.05) is 12.4 Å². The zero-order valence-electron chi connectivity index (χ0n) is 11.1. The molecule has 0 saturated carbocycles. The third-order valence-electron chi connectivity index (χ3n) is 2.37. The first-order chi connectivity index (χ1) is 9.96. The van der Waals surface area contributed by atoms with Gasteiger partial charge in [0.05, 0.1) is 5.69 Å². The fourth-order valence-corrected chi connectivity index (χ4v) is 2.33. The fourth-order valence-electron chi connectivity index (χ4n) is 1.54. The quantitative estimate of drug-likeness (QED) is 0.887. The number of ether oxygens (including phenoxy) is 2. The van der Waals surface area contributed by atoms with Gasteiger partial charge in [-0.15, -0.1) is 24.5 Å². The minimum absolute atomic E-state index is 0.264. The van der Waals surface area contributed by atoms with E-state index in [1.54, 1.807) is 0 Å². The van der Waals surface area contributed by atoms with Crippen molar-refractivity contribution in [2.75, 3.05) is 7.05 Å². The Hall–Kier alpha value is -1.80. The molecule has 0 atom stereocenters. The SMILES string of the molecule is CNCc1nc(COc2ccc(OC(F)(F)F)cc2)cs1. The zero-order valence-corrected chi connectivity index (χ0v) is 11.9. The van der Waals surface area contributed by atoms with Gasteiger partial charge in [0.2, 0.25) is 0 Å². The second kappa shape index (κ2) is 6.77. The van der Waals surface area contributed by atoms with Crippen LogP contribution in [0.1, 0.15) is 10.7 Å². The lowest BCUT2D eigenvalue weighted by Gasteiger charge is -2.09. The number of aromatic nitrogens is 1. The van der Waals surface area contributed by atoms with Gasteiger partial charge in [0.1, 0.15) is 23.1 Å². The molecule has 0 spiro atoms. The van der Waals surface area contributed by atoms with E-state index in [0.717, 1.165) is 10.7 Å². The predicted molar refractivity (Wildman–Crippen MR) is 72.3 cm³/mol. The summed E-state index contributed by atoms with van der Waals surface area (Å²) in [6.07, 6.45) is -4.69. The van der Waals surface area contributed by atoms with Crippen molar-refractivity contribution < 1.29 is 22.6 Å². The first-order valence-corrected chi connectivity index (χ1v) is 6.91. The second-order valence-corrected chi connectivity index (χ2v) is 5.01. The van der Waals surface area contributed by atoms with Crippen molar-refractivity contribution in [3.8, 4) is 11.5 Å².